The maximum absolute atomic E-state index is 14.0. The van der Waals surface area contributed by atoms with E-state index in [1.165, 1.54) is 18.0 Å². The van der Waals surface area contributed by atoms with E-state index in [2.05, 4.69) is 5.32 Å². The third-order valence-electron chi connectivity index (χ3n) is 4.55. The molecule has 1 unspecified atom stereocenters. The Hall–Kier alpha value is -2.89. The summed E-state index contributed by atoms with van der Waals surface area (Å²) in [4.78, 5) is 26.1. The van der Waals surface area contributed by atoms with Gasteiger partial charge >= 0.3 is 0 Å². The van der Waals surface area contributed by atoms with Crippen molar-refractivity contribution in [2.45, 2.75) is 33.4 Å². The zero-order valence-corrected chi connectivity index (χ0v) is 16.1. The molecule has 0 fully saturated rings. The van der Waals surface area contributed by atoms with Gasteiger partial charge in [0.05, 0.1) is 0 Å². The number of nitrogens with zero attached hydrogens (tertiary/aromatic N) is 1. The maximum atomic E-state index is 14.0. The van der Waals surface area contributed by atoms with Gasteiger partial charge in [-0.25, -0.2) is 4.39 Å². The molecule has 6 heteroatoms. The highest BCUT2D eigenvalue weighted by molar-refractivity contribution is 5.87. The van der Waals surface area contributed by atoms with E-state index >= 15 is 0 Å². The van der Waals surface area contributed by atoms with Crippen LogP contribution < -0.4 is 10.1 Å². The summed E-state index contributed by atoms with van der Waals surface area (Å²) >= 11 is 0. The minimum Gasteiger partial charge on any atom is -0.484 e. The standard InChI is InChI=1S/C21H25FN2O3/c1-14-9-10-18(11-15(14)2)27-13-20(25)24(16(3)21(26)23-4)12-17-7-5-6-8-19(17)22/h5-11,16H,12-13H2,1-4H3,(H,23,26). The van der Waals surface area contributed by atoms with E-state index in [0.717, 1.165) is 11.1 Å². The third kappa shape index (κ3) is 5.29. The summed E-state index contributed by atoms with van der Waals surface area (Å²) in [5.74, 6) is -0.571. The summed E-state index contributed by atoms with van der Waals surface area (Å²) in [6.45, 7) is 5.30. The predicted octanol–water partition coefficient (Wildman–Crippen LogP) is 2.98. The summed E-state index contributed by atoms with van der Waals surface area (Å²) in [6, 6.07) is 11.0. The van der Waals surface area contributed by atoms with E-state index in [-0.39, 0.29) is 19.1 Å². The zero-order chi connectivity index (χ0) is 20.0. The fraction of sp³-hybridized carbons (Fsp3) is 0.333. The number of halogens is 1. The lowest BCUT2D eigenvalue weighted by atomic mass is 10.1. The average molecular weight is 372 g/mol. The van der Waals surface area contributed by atoms with Crippen LogP contribution in [0.2, 0.25) is 0 Å². The molecule has 0 heterocycles. The van der Waals surface area contributed by atoms with Gasteiger partial charge in [0.15, 0.2) is 6.61 Å². The Bertz CT molecular complexity index is 823. The van der Waals surface area contributed by atoms with Crippen molar-refractivity contribution in [1.29, 1.82) is 0 Å². The lowest BCUT2D eigenvalue weighted by molar-refractivity contribution is -0.142. The summed E-state index contributed by atoms with van der Waals surface area (Å²) < 4.78 is 19.6. The predicted molar refractivity (Wildman–Crippen MR) is 102 cm³/mol. The molecule has 0 aromatic heterocycles. The zero-order valence-electron chi connectivity index (χ0n) is 16.1. The van der Waals surface area contributed by atoms with Gasteiger partial charge in [-0.15, -0.1) is 0 Å². The van der Waals surface area contributed by atoms with Crippen LogP contribution in [0.4, 0.5) is 4.39 Å². The Kier molecular flexibility index (Phi) is 6.93. The van der Waals surface area contributed by atoms with Gasteiger partial charge < -0.3 is 15.0 Å². The SMILES string of the molecule is CNC(=O)C(C)N(Cc1ccccc1F)C(=O)COc1ccc(C)c(C)c1. The largest absolute Gasteiger partial charge is 0.484 e. The number of amides is 2. The fourth-order valence-electron chi connectivity index (χ4n) is 2.63. The van der Waals surface area contributed by atoms with E-state index < -0.39 is 17.8 Å². The minimum atomic E-state index is -0.759. The number of carbonyl (C=O) groups is 2. The molecule has 0 spiro atoms. The number of carbonyl (C=O) groups excluding carboxylic acids is 2. The van der Waals surface area contributed by atoms with Crippen LogP contribution in [0, 0.1) is 19.7 Å². The third-order valence-corrected chi connectivity index (χ3v) is 4.55. The second-order valence-corrected chi connectivity index (χ2v) is 6.44. The Morgan fingerprint density at radius 2 is 1.85 bits per heavy atom. The van der Waals surface area contributed by atoms with Crippen LogP contribution in [0.25, 0.3) is 0 Å². The maximum Gasteiger partial charge on any atom is 0.261 e. The van der Waals surface area contributed by atoms with E-state index in [9.17, 15) is 14.0 Å². The van der Waals surface area contributed by atoms with Crippen LogP contribution in [-0.2, 0) is 16.1 Å². The van der Waals surface area contributed by atoms with Crippen LogP contribution in [0.1, 0.15) is 23.6 Å². The second kappa shape index (κ2) is 9.16. The highest BCUT2D eigenvalue weighted by Gasteiger charge is 2.26. The highest BCUT2D eigenvalue weighted by atomic mass is 19.1. The smallest absolute Gasteiger partial charge is 0.261 e. The summed E-state index contributed by atoms with van der Waals surface area (Å²) in [7, 11) is 1.50. The van der Waals surface area contributed by atoms with Crippen LogP contribution in [-0.4, -0.2) is 36.4 Å². The molecule has 1 atom stereocenters. The summed E-state index contributed by atoms with van der Waals surface area (Å²) in [6.07, 6.45) is 0. The number of benzene rings is 2. The topological polar surface area (TPSA) is 58.6 Å². The van der Waals surface area contributed by atoms with Gasteiger partial charge in [-0.2, -0.15) is 0 Å². The monoisotopic (exact) mass is 372 g/mol. The van der Waals surface area contributed by atoms with Crippen molar-refractivity contribution < 1.29 is 18.7 Å². The van der Waals surface area contributed by atoms with Crippen molar-refractivity contribution in [1.82, 2.24) is 10.2 Å². The molecule has 0 aliphatic rings. The van der Waals surface area contributed by atoms with E-state index in [1.807, 2.05) is 26.0 Å². The number of hydrogen-bond donors (Lipinski definition) is 1. The molecule has 0 aliphatic heterocycles. The molecule has 2 amide bonds. The first-order chi connectivity index (χ1) is 12.8. The first-order valence-electron chi connectivity index (χ1n) is 8.78. The number of aryl methyl sites for hydroxylation is 2. The Morgan fingerprint density at radius 1 is 1.15 bits per heavy atom. The number of rotatable bonds is 7. The molecule has 2 aromatic rings. The van der Waals surface area contributed by atoms with E-state index in [0.29, 0.717) is 11.3 Å². The molecule has 0 saturated heterocycles. The van der Waals surface area contributed by atoms with Crippen molar-refractivity contribution in [3.63, 3.8) is 0 Å². The Labute approximate surface area is 159 Å². The van der Waals surface area contributed by atoms with Gasteiger partial charge in [0.25, 0.3) is 5.91 Å². The minimum absolute atomic E-state index is 0.0175. The van der Waals surface area contributed by atoms with Crippen molar-refractivity contribution in [2.75, 3.05) is 13.7 Å². The van der Waals surface area contributed by atoms with E-state index in [1.54, 1.807) is 31.2 Å². The molecule has 0 bridgehead atoms. The molecule has 0 radical (unpaired) electrons. The fourth-order valence-corrected chi connectivity index (χ4v) is 2.63. The number of ether oxygens (including phenoxy) is 1. The lowest BCUT2D eigenvalue weighted by Gasteiger charge is -2.28. The van der Waals surface area contributed by atoms with Crippen LogP contribution in [0.5, 0.6) is 5.75 Å². The van der Waals surface area contributed by atoms with Gasteiger partial charge in [0, 0.05) is 19.2 Å². The van der Waals surface area contributed by atoms with Crippen LogP contribution in [0.3, 0.4) is 0 Å². The Balaban J connectivity index is 2.16. The van der Waals surface area contributed by atoms with Crippen molar-refractivity contribution in [3.05, 3.63) is 65.0 Å². The molecular formula is C21H25FN2O3. The van der Waals surface area contributed by atoms with Crippen LogP contribution >= 0.6 is 0 Å². The van der Waals surface area contributed by atoms with E-state index in [4.69, 9.17) is 4.74 Å². The van der Waals surface area contributed by atoms with Crippen molar-refractivity contribution in [2.24, 2.45) is 0 Å². The molecule has 0 saturated carbocycles. The molecule has 2 aromatic carbocycles. The molecule has 27 heavy (non-hydrogen) atoms. The van der Waals surface area contributed by atoms with Gasteiger partial charge in [-0.1, -0.05) is 24.3 Å². The van der Waals surface area contributed by atoms with Crippen LogP contribution in [0.15, 0.2) is 42.5 Å². The number of hydrogen-bond acceptors (Lipinski definition) is 3. The molecule has 5 nitrogen and oxygen atoms in total. The molecule has 2 rings (SSSR count). The van der Waals surface area contributed by atoms with Gasteiger partial charge in [0.2, 0.25) is 5.91 Å². The molecule has 1 N–H and O–H groups in total. The Morgan fingerprint density at radius 3 is 2.48 bits per heavy atom. The van der Waals surface area contributed by atoms with Gasteiger partial charge in [0.1, 0.15) is 17.6 Å². The molecule has 144 valence electrons. The first-order valence-corrected chi connectivity index (χ1v) is 8.78. The van der Waals surface area contributed by atoms with Gasteiger partial charge in [-0.05, 0) is 50.1 Å². The van der Waals surface area contributed by atoms with Crippen molar-refractivity contribution >= 4 is 11.8 Å². The average Bonchev–Trinajstić information content (AvgIpc) is 2.66. The number of likely N-dealkylation sites (N-methyl/N-ethyl adjacent to an activating group) is 1. The van der Waals surface area contributed by atoms with Gasteiger partial charge in [-0.3, -0.25) is 9.59 Å². The highest BCUT2D eigenvalue weighted by Crippen LogP contribution is 2.17. The van der Waals surface area contributed by atoms with Crippen molar-refractivity contribution in [3.8, 4) is 5.75 Å². The second-order valence-electron chi connectivity index (χ2n) is 6.44. The molecule has 0 aliphatic carbocycles. The number of nitrogens with one attached hydrogen (secondary N) is 1. The summed E-state index contributed by atoms with van der Waals surface area (Å²) in [5.41, 5.74) is 2.53. The quantitative estimate of drug-likeness (QED) is 0.813. The first kappa shape index (κ1) is 20.4. The lowest BCUT2D eigenvalue weighted by Crippen LogP contribution is -2.48. The molecular weight excluding hydrogens is 347 g/mol. The normalized spacial score (nSPS) is 11.6. The summed E-state index contributed by atoms with van der Waals surface area (Å²) in [5, 5.41) is 2.52.